The van der Waals surface area contributed by atoms with Gasteiger partial charge in [-0.25, -0.2) is 0 Å². The summed E-state index contributed by atoms with van der Waals surface area (Å²) in [5, 5.41) is 0. The normalized spacial score (nSPS) is 13.0. The van der Waals surface area contributed by atoms with Crippen LogP contribution in [0.4, 0.5) is 13.2 Å². The van der Waals surface area contributed by atoms with Crippen LogP contribution in [0.3, 0.4) is 0 Å². The summed E-state index contributed by atoms with van der Waals surface area (Å²) in [7, 11) is 0. The summed E-state index contributed by atoms with van der Waals surface area (Å²) < 4.78 is 44.5. The van der Waals surface area contributed by atoms with Crippen LogP contribution in [0.1, 0.15) is 18.9 Å². The van der Waals surface area contributed by atoms with Gasteiger partial charge in [-0.1, -0.05) is 0 Å². The molecule has 0 aliphatic rings. The fraction of sp³-hybridized carbons (Fsp3) is 0.429. The third-order valence-electron chi connectivity index (χ3n) is 2.48. The Hall–Kier alpha value is -0.680. The van der Waals surface area contributed by atoms with E-state index in [4.69, 9.17) is 11.2 Å². The van der Waals surface area contributed by atoms with E-state index in [1.54, 1.807) is 12.1 Å². The molecule has 0 radical (unpaired) electrons. The topological polar surface area (TPSA) is 9.23 Å². The molecule has 0 amide bonds. The van der Waals surface area contributed by atoms with Crippen molar-refractivity contribution in [2.24, 2.45) is 0 Å². The molecule has 0 aliphatic heterocycles. The fourth-order valence-electron chi connectivity index (χ4n) is 1.38. The van der Waals surface area contributed by atoms with E-state index in [0.29, 0.717) is 6.61 Å². The molecular weight excluding hydrogens is 369 g/mol. The molecule has 0 saturated carbocycles. The third-order valence-corrected chi connectivity index (χ3v) is 5.74. The Labute approximate surface area is 121 Å². The van der Waals surface area contributed by atoms with Crippen molar-refractivity contribution in [3.8, 4) is 12.3 Å². The van der Waals surface area contributed by atoms with Gasteiger partial charge in [-0.2, -0.15) is 0 Å². The predicted molar refractivity (Wildman–Crippen MR) is 70.5 cm³/mol. The van der Waals surface area contributed by atoms with Crippen LogP contribution < -0.4 is 3.61 Å². The van der Waals surface area contributed by atoms with Crippen LogP contribution in [0.25, 0.3) is 0 Å². The van der Waals surface area contributed by atoms with Gasteiger partial charge in [-0.15, -0.1) is 0 Å². The summed E-state index contributed by atoms with van der Waals surface area (Å²) in [5.74, 6) is 2.42. The Morgan fingerprint density at radius 3 is 2.42 bits per heavy atom. The van der Waals surface area contributed by atoms with Crippen molar-refractivity contribution in [1.29, 1.82) is 0 Å². The van der Waals surface area contributed by atoms with Crippen LogP contribution >= 0.6 is 0 Å². The van der Waals surface area contributed by atoms with Crippen molar-refractivity contribution in [3.63, 3.8) is 0 Å². The summed E-state index contributed by atoms with van der Waals surface area (Å²) in [6.45, 7) is 2.30. The summed E-state index contributed by atoms with van der Waals surface area (Å²) in [5.41, 5.74) is -0.598. The Kier molecular flexibility index (Phi) is 6.72. The second-order valence-electron chi connectivity index (χ2n) is 3.88. The molecule has 1 unspecified atom stereocenters. The number of rotatable bonds is 6. The maximum absolute atomic E-state index is 12.4. The van der Waals surface area contributed by atoms with Crippen molar-refractivity contribution < 1.29 is 17.9 Å². The molecule has 1 rings (SSSR count). The first-order valence-electron chi connectivity index (χ1n) is 5.82. The van der Waals surface area contributed by atoms with E-state index < -0.39 is 32.7 Å². The average Bonchev–Trinajstić information content (AvgIpc) is 2.38. The van der Waals surface area contributed by atoms with Crippen LogP contribution in [0.2, 0.25) is 4.47 Å². The van der Waals surface area contributed by atoms with Gasteiger partial charge in [-0.3, -0.25) is 0 Å². The van der Waals surface area contributed by atoms with E-state index >= 15 is 0 Å². The first-order chi connectivity index (χ1) is 8.97. The first kappa shape index (κ1) is 16.4. The van der Waals surface area contributed by atoms with Crippen LogP contribution in [0.5, 0.6) is 0 Å². The third kappa shape index (κ3) is 5.87. The molecule has 0 aromatic heterocycles. The minimum absolute atomic E-state index is 0.112. The molecule has 0 bridgehead atoms. The monoisotopic (exact) mass is 386 g/mol. The van der Waals surface area contributed by atoms with Crippen molar-refractivity contribution in [2.45, 2.75) is 30.1 Å². The van der Waals surface area contributed by atoms with E-state index in [1.165, 1.54) is 0 Å². The molecule has 1 nitrogen and oxygen atoms in total. The minimum atomic E-state index is -4.26. The van der Waals surface area contributed by atoms with E-state index in [2.05, 4.69) is 5.92 Å². The number of halogens is 3. The molecular formula is C14H15F3OTe. The zero-order chi connectivity index (χ0) is 14.3. The number of ether oxygens (including phenoxy) is 1. The molecule has 0 spiro atoms. The van der Waals surface area contributed by atoms with Crippen molar-refractivity contribution in [2.75, 3.05) is 6.61 Å². The van der Waals surface area contributed by atoms with Crippen LogP contribution in [0, 0.1) is 12.3 Å². The van der Waals surface area contributed by atoms with Crippen molar-refractivity contribution >= 4 is 24.5 Å². The van der Waals surface area contributed by atoms with Crippen LogP contribution in [-0.2, 0) is 10.9 Å². The van der Waals surface area contributed by atoms with Gasteiger partial charge in [0.05, 0.1) is 0 Å². The second kappa shape index (κ2) is 7.80. The Morgan fingerprint density at radius 2 is 1.95 bits per heavy atom. The standard InChI is InChI=1S/C14H15F3OTe/c1-3-9-18-12(4-2)10-19-13-7-5-11(6-8-13)14(15,16)17/h1,5-8,12H,4,9-10H2,2H3. The van der Waals surface area contributed by atoms with Crippen LogP contribution in [-0.4, -0.2) is 33.6 Å². The number of terminal acetylenes is 1. The molecule has 0 heterocycles. The molecule has 0 saturated heterocycles. The van der Waals surface area contributed by atoms with Gasteiger partial charge in [0.2, 0.25) is 0 Å². The molecule has 0 fully saturated rings. The van der Waals surface area contributed by atoms with Gasteiger partial charge in [0.15, 0.2) is 0 Å². The summed E-state index contributed by atoms with van der Waals surface area (Å²) >= 11 is -0.535. The zero-order valence-corrected chi connectivity index (χ0v) is 12.9. The van der Waals surface area contributed by atoms with Crippen molar-refractivity contribution in [1.82, 2.24) is 0 Å². The zero-order valence-electron chi connectivity index (χ0n) is 10.5. The fourth-order valence-corrected chi connectivity index (χ4v) is 4.34. The Balaban J connectivity index is 2.52. The Morgan fingerprint density at radius 1 is 1.32 bits per heavy atom. The van der Waals surface area contributed by atoms with E-state index in [0.717, 1.165) is 26.6 Å². The Bertz CT molecular complexity index is 420. The molecule has 0 aliphatic carbocycles. The number of hydrogen-bond donors (Lipinski definition) is 0. The van der Waals surface area contributed by atoms with Gasteiger partial charge in [-0.05, 0) is 0 Å². The molecule has 0 N–H and O–H groups in total. The predicted octanol–water partition coefficient (Wildman–Crippen LogP) is 2.88. The van der Waals surface area contributed by atoms with Crippen LogP contribution in [0.15, 0.2) is 24.3 Å². The maximum atomic E-state index is 12.4. The number of alkyl halides is 3. The van der Waals surface area contributed by atoms with E-state index in [-0.39, 0.29) is 6.10 Å². The van der Waals surface area contributed by atoms with E-state index in [1.807, 2.05) is 6.92 Å². The van der Waals surface area contributed by atoms with Gasteiger partial charge in [0.25, 0.3) is 0 Å². The first-order valence-corrected chi connectivity index (χ1v) is 8.63. The molecule has 19 heavy (non-hydrogen) atoms. The number of hydrogen-bond acceptors (Lipinski definition) is 1. The van der Waals surface area contributed by atoms with Crippen molar-refractivity contribution in [3.05, 3.63) is 29.8 Å². The quantitative estimate of drug-likeness (QED) is 0.542. The summed E-state index contributed by atoms with van der Waals surface area (Å²) in [6, 6.07) is 5.42. The molecule has 5 heteroatoms. The summed E-state index contributed by atoms with van der Waals surface area (Å²) in [4.78, 5) is 0. The van der Waals surface area contributed by atoms with E-state index in [9.17, 15) is 13.2 Å². The molecule has 104 valence electrons. The number of benzene rings is 1. The SMILES string of the molecule is C#CCOC(CC)C[Te]c1ccc(C(F)(F)F)cc1. The average molecular weight is 384 g/mol. The van der Waals surface area contributed by atoms with Gasteiger partial charge in [0.1, 0.15) is 0 Å². The molecule has 1 aromatic rings. The van der Waals surface area contributed by atoms with Gasteiger partial charge < -0.3 is 0 Å². The molecule has 1 aromatic carbocycles. The van der Waals surface area contributed by atoms with Gasteiger partial charge in [0, 0.05) is 0 Å². The van der Waals surface area contributed by atoms with Gasteiger partial charge >= 0.3 is 121 Å². The summed E-state index contributed by atoms with van der Waals surface area (Å²) in [6.07, 6.45) is 1.84. The second-order valence-corrected chi connectivity index (χ2v) is 7.00. The molecule has 1 atom stereocenters.